The Kier molecular flexibility index (Phi) is 6.02. The number of rotatable bonds is 6. The molecule has 2 aliphatic rings. The summed E-state index contributed by atoms with van der Waals surface area (Å²) in [6.45, 7) is 1.49. The van der Waals surface area contributed by atoms with Crippen LogP contribution in [0.3, 0.4) is 0 Å². The first-order valence-corrected chi connectivity index (χ1v) is 8.71. The molecule has 0 spiro atoms. The number of carbonyl (C=O) groups is 2. The molecule has 1 aromatic carbocycles. The summed E-state index contributed by atoms with van der Waals surface area (Å²) < 4.78 is 19.0. The first-order chi connectivity index (χ1) is 12.9. The number of likely N-dealkylation sites (N-methyl/N-ethyl adjacent to an activating group) is 1. The number of hydrogen-bond donors (Lipinski definition) is 1. The van der Waals surface area contributed by atoms with Gasteiger partial charge in [-0.3, -0.25) is 14.5 Å². The molecule has 2 heterocycles. The van der Waals surface area contributed by atoms with Crippen molar-refractivity contribution in [2.75, 3.05) is 39.8 Å². The lowest BCUT2D eigenvalue weighted by molar-refractivity contribution is -0.150. The fourth-order valence-electron chi connectivity index (χ4n) is 3.23. The van der Waals surface area contributed by atoms with Crippen LogP contribution in [0.4, 0.5) is 4.39 Å². The molecule has 27 heavy (non-hydrogen) atoms. The summed E-state index contributed by atoms with van der Waals surface area (Å²) >= 11 is 0. The molecule has 1 N–H and O–H groups in total. The number of carboxylic acid groups (broad SMARTS) is 1. The van der Waals surface area contributed by atoms with E-state index in [0.29, 0.717) is 37.5 Å². The molecule has 1 aromatic rings. The van der Waals surface area contributed by atoms with Gasteiger partial charge in [-0.15, -0.1) is 0 Å². The molecule has 2 atom stereocenters. The molecule has 0 aliphatic carbocycles. The quantitative estimate of drug-likeness (QED) is 0.777. The van der Waals surface area contributed by atoms with Crippen molar-refractivity contribution in [1.82, 2.24) is 9.80 Å². The van der Waals surface area contributed by atoms with Crippen molar-refractivity contribution in [3.8, 4) is 0 Å². The lowest BCUT2D eigenvalue weighted by Crippen LogP contribution is -2.52. The highest BCUT2D eigenvalue weighted by atomic mass is 19.1. The normalized spacial score (nSPS) is 22.5. The first-order valence-electron chi connectivity index (χ1n) is 8.71. The maximum Gasteiger partial charge on any atom is 0.317 e. The van der Waals surface area contributed by atoms with E-state index in [1.807, 2.05) is 0 Å². The van der Waals surface area contributed by atoms with Crippen molar-refractivity contribution in [1.29, 1.82) is 0 Å². The second-order valence-electron chi connectivity index (χ2n) is 6.71. The van der Waals surface area contributed by atoms with Crippen molar-refractivity contribution in [3.63, 3.8) is 0 Å². The molecular weight excluding hydrogens is 357 g/mol. The molecule has 0 radical (unpaired) electrons. The van der Waals surface area contributed by atoms with Crippen LogP contribution in [-0.2, 0) is 19.2 Å². The van der Waals surface area contributed by atoms with E-state index < -0.39 is 12.1 Å². The maximum atomic E-state index is 13.4. The SMILES string of the molecule is CN(CC(=O)O)CC1CN(C(=O)C2CC(c3cccc(F)c3)=NO2)CCO1. The predicted octanol–water partition coefficient (Wildman–Crippen LogP) is 0.563. The molecule has 9 heteroatoms. The third-order valence-electron chi connectivity index (χ3n) is 4.47. The number of benzene rings is 1. The summed E-state index contributed by atoms with van der Waals surface area (Å²) in [6.07, 6.45) is -0.723. The van der Waals surface area contributed by atoms with Gasteiger partial charge in [-0.2, -0.15) is 0 Å². The molecule has 0 bridgehead atoms. The lowest BCUT2D eigenvalue weighted by Gasteiger charge is -2.35. The third-order valence-corrected chi connectivity index (χ3v) is 4.47. The Morgan fingerprint density at radius 1 is 1.44 bits per heavy atom. The van der Waals surface area contributed by atoms with E-state index in [0.717, 1.165) is 0 Å². The Hall–Kier alpha value is -2.52. The summed E-state index contributed by atoms with van der Waals surface area (Å²) in [5, 5.41) is 12.8. The van der Waals surface area contributed by atoms with Gasteiger partial charge in [0.05, 0.1) is 25.0 Å². The highest BCUT2D eigenvalue weighted by Crippen LogP contribution is 2.20. The predicted molar refractivity (Wildman–Crippen MR) is 93.9 cm³/mol. The second-order valence-corrected chi connectivity index (χ2v) is 6.71. The minimum Gasteiger partial charge on any atom is -0.480 e. The molecule has 1 saturated heterocycles. The highest BCUT2D eigenvalue weighted by molar-refractivity contribution is 6.04. The van der Waals surface area contributed by atoms with Crippen LogP contribution in [0, 0.1) is 5.82 Å². The van der Waals surface area contributed by atoms with Gasteiger partial charge in [0.25, 0.3) is 5.91 Å². The Morgan fingerprint density at radius 3 is 3.00 bits per heavy atom. The number of halogens is 1. The summed E-state index contributed by atoms with van der Waals surface area (Å²) in [6, 6.07) is 6.01. The Morgan fingerprint density at radius 2 is 2.26 bits per heavy atom. The number of aliphatic carboxylic acids is 1. The zero-order valence-corrected chi connectivity index (χ0v) is 15.0. The van der Waals surface area contributed by atoms with Crippen molar-refractivity contribution < 1.29 is 28.7 Å². The third kappa shape index (κ3) is 5.01. The standard InChI is InChI=1S/C18H22FN3O5/c1-21(11-17(23)24)9-14-10-22(5-6-26-14)18(25)16-8-15(20-27-16)12-3-2-4-13(19)7-12/h2-4,7,14,16H,5-6,8-11H2,1H3,(H,23,24). The summed E-state index contributed by atoms with van der Waals surface area (Å²) in [5.41, 5.74) is 1.14. The minimum absolute atomic E-state index is 0.0929. The molecule has 146 valence electrons. The number of carboxylic acids is 1. The molecule has 2 aliphatic heterocycles. The Balaban J connectivity index is 1.54. The smallest absolute Gasteiger partial charge is 0.317 e. The number of oxime groups is 1. The van der Waals surface area contributed by atoms with Crippen molar-refractivity contribution in [3.05, 3.63) is 35.6 Å². The molecule has 0 aromatic heterocycles. The van der Waals surface area contributed by atoms with Crippen LogP contribution in [-0.4, -0.2) is 84.5 Å². The van der Waals surface area contributed by atoms with E-state index in [9.17, 15) is 14.0 Å². The van der Waals surface area contributed by atoms with Crippen molar-refractivity contribution >= 4 is 17.6 Å². The fourth-order valence-corrected chi connectivity index (χ4v) is 3.23. The van der Waals surface area contributed by atoms with Crippen molar-refractivity contribution in [2.24, 2.45) is 5.16 Å². The van der Waals surface area contributed by atoms with Crippen LogP contribution >= 0.6 is 0 Å². The van der Waals surface area contributed by atoms with Gasteiger partial charge in [0.2, 0.25) is 6.10 Å². The molecule has 1 fully saturated rings. The number of ether oxygens (including phenoxy) is 1. The zero-order valence-electron chi connectivity index (χ0n) is 15.0. The molecule has 1 amide bonds. The largest absolute Gasteiger partial charge is 0.480 e. The average molecular weight is 379 g/mol. The van der Waals surface area contributed by atoms with E-state index in [1.54, 1.807) is 29.0 Å². The summed E-state index contributed by atoms with van der Waals surface area (Å²) in [7, 11) is 1.69. The van der Waals surface area contributed by atoms with E-state index in [2.05, 4.69) is 5.16 Å². The van der Waals surface area contributed by atoms with Crippen LogP contribution in [0.15, 0.2) is 29.4 Å². The maximum absolute atomic E-state index is 13.4. The molecular formula is C18H22FN3O5. The van der Waals surface area contributed by atoms with Gasteiger partial charge in [0.15, 0.2) is 0 Å². The van der Waals surface area contributed by atoms with Crippen molar-refractivity contribution in [2.45, 2.75) is 18.6 Å². The number of carbonyl (C=O) groups excluding carboxylic acids is 1. The topological polar surface area (TPSA) is 91.7 Å². The van der Waals surface area contributed by atoms with E-state index >= 15 is 0 Å². The van der Waals surface area contributed by atoms with E-state index in [-0.39, 0.29) is 30.8 Å². The fraction of sp³-hybridized carbons (Fsp3) is 0.500. The van der Waals surface area contributed by atoms with Crippen LogP contribution < -0.4 is 0 Å². The molecule has 3 rings (SSSR count). The van der Waals surface area contributed by atoms with E-state index in [1.165, 1.54) is 12.1 Å². The van der Waals surface area contributed by atoms with Gasteiger partial charge < -0.3 is 19.6 Å². The van der Waals surface area contributed by atoms with Crippen LogP contribution in [0.5, 0.6) is 0 Å². The number of hydrogen-bond acceptors (Lipinski definition) is 6. The van der Waals surface area contributed by atoms with Gasteiger partial charge in [-0.05, 0) is 19.2 Å². The molecule has 2 unspecified atom stereocenters. The van der Waals surface area contributed by atoms with Crippen LogP contribution in [0.2, 0.25) is 0 Å². The zero-order chi connectivity index (χ0) is 19.4. The highest BCUT2D eigenvalue weighted by Gasteiger charge is 2.35. The van der Waals surface area contributed by atoms with Crippen LogP contribution in [0.1, 0.15) is 12.0 Å². The monoisotopic (exact) mass is 379 g/mol. The second kappa shape index (κ2) is 8.45. The van der Waals surface area contributed by atoms with Gasteiger partial charge in [0, 0.05) is 31.6 Å². The Labute approximate surface area is 156 Å². The summed E-state index contributed by atoms with van der Waals surface area (Å²) in [5.74, 6) is -1.48. The molecule has 8 nitrogen and oxygen atoms in total. The summed E-state index contributed by atoms with van der Waals surface area (Å²) in [4.78, 5) is 32.1. The van der Waals surface area contributed by atoms with Gasteiger partial charge in [0.1, 0.15) is 5.82 Å². The number of morpholine rings is 1. The number of nitrogens with zero attached hydrogens (tertiary/aromatic N) is 3. The number of amides is 1. The minimum atomic E-state index is -0.914. The average Bonchev–Trinajstić information content (AvgIpc) is 3.10. The Bertz CT molecular complexity index is 741. The van der Waals surface area contributed by atoms with Gasteiger partial charge in [-0.25, -0.2) is 4.39 Å². The van der Waals surface area contributed by atoms with Crippen LogP contribution in [0.25, 0.3) is 0 Å². The van der Waals surface area contributed by atoms with Gasteiger partial charge in [-0.1, -0.05) is 17.3 Å². The van der Waals surface area contributed by atoms with E-state index in [4.69, 9.17) is 14.7 Å². The first kappa shape index (κ1) is 19.2. The lowest BCUT2D eigenvalue weighted by atomic mass is 10.0. The van der Waals surface area contributed by atoms with Gasteiger partial charge >= 0.3 is 5.97 Å². The molecule has 0 saturated carbocycles.